The zero-order chi connectivity index (χ0) is 46.3. The molecule has 338 valence electrons. The topological polar surface area (TPSA) is 94.5 Å². The summed E-state index contributed by atoms with van der Waals surface area (Å²) in [5.74, 6) is 2.55. The van der Waals surface area contributed by atoms with Gasteiger partial charge in [0.25, 0.3) is 12.3 Å². The van der Waals surface area contributed by atoms with Gasteiger partial charge in [-0.1, -0.05) is 130 Å². The van der Waals surface area contributed by atoms with E-state index in [0.717, 1.165) is 50.7 Å². The zero-order valence-corrected chi connectivity index (χ0v) is 42.0. The molecular formula is C58H45O7S2W-. The van der Waals surface area contributed by atoms with Crippen LogP contribution in [0, 0.1) is 0 Å². The predicted octanol–water partition coefficient (Wildman–Crippen LogP) is 14.3. The van der Waals surface area contributed by atoms with Crippen molar-refractivity contribution < 1.29 is 53.9 Å². The second kappa shape index (κ2) is 19.2. The van der Waals surface area contributed by atoms with Gasteiger partial charge in [0, 0.05) is 49.9 Å². The predicted molar refractivity (Wildman–Crippen MR) is 270 cm³/mol. The van der Waals surface area contributed by atoms with Crippen LogP contribution in [0.4, 0.5) is 0 Å². The van der Waals surface area contributed by atoms with Crippen molar-refractivity contribution in [1.82, 2.24) is 0 Å². The van der Waals surface area contributed by atoms with Gasteiger partial charge >= 0.3 is 5.97 Å². The summed E-state index contributed by atoms with van der Waals surface area (Å²) in [4.78, 5) is 13.2. The van der Waals surface area contributed by atoms with Crippen LogP contribution in [0.25, 0.3) is 32.7 Å². The van der Waals surface area contributed by atoms with E-state index in [1.807, 2.05) is 49.4 Å². The van der Waals surface area contributed by atoms with Crippen molar-refractivity contribution in [3.05, 3.63) is 226 Å². The van der Waals surface area contributed by atoms with Gasteiger partial charge < -0.3 is 40.7 Å². The van der Waals surface area contributed by atoms with E-state index in [4.69, 9.17) is 17.8 Å². The SMILES string of the molecule is CCC.CC[S-].O=C1OC2(c3ccc(O)cc3Oc3cc(OSOc4ccc5cc(C6(c7ccc8cc(O)ccc8c7)c7ccccc7-c7ccccc76)ccc5c4)ccc32)c2ccccc21.[W]. The molecular weight excluding hydrogens is 1060 g/mol. The van der Waals surface area contributed by atoms with E-state index in [-0.39, 0.29) is 32.6 Å². The van der Waals surface area contributed by atoms with Gasteiger partial charge in [0.1, 0.15) is 34.5 Å². The molecule has 1 unspecified atom stereocenters. The summed E-state index contributed by atoms with van der Waals surface area (Å²) >= 11 is 5.22. The first-order valence-electron chi connectivity index (χ1n) is 22.3. The van der Waals surface area contributed by atoms with Gasteiger partial charge in [0.2, 0.25) is 0 Å². The molecule has 1 aliphatic carbocycles. The molecule has 9 aromatic rings. The number of carbonyl (C=O) groups excluding carboxylic acids is 1. The standard InChI is InChI=1S/C53H32O7S.C3H8.C2H6S.W/c54-37-19-15-31-25-35(17-13-33(31)27-37)52(44-10-4-1-7-41(44)42-8-2-5-11-45(42)52)36-18-14-34-28-39(21-16-32(34)26-36)59-61-60-40-22-24-48-50(30-40)57-49-29-38(55)20-23-47(49)53(48)46-12-6-3-9-43(46)51(56)58-53;1-3-2;1-2-3;/h1-30,54-55H;3H2,1-2H3;3H,2H2,1H3;/p-1. The van der Waals surface area contributed by atoms with Crippen molar-refractivity contribution in [3.63, 3.8) is 0 Å². The van der Waals surface area contributed by atoms with Crippen molar-refractivity contribution in [2.24, 2.45) is 0 Å². The number of aromatic hydroxyl groups is 2. The van der Waals surface area contributed by atoms with E-state index in [1.54, 1.807) is 42.5 Å². The summed E-state index contributed by atoms with van der Waals surface area (Å²) in [6.07, 6.45) is 1.25. The van der Waals surface area contributed by atoms with Gasteiger partial charge in [-0.05, 0) is 122 Å². The number of fused-ring (bicyclic) bond motifs is 11. The first-order valence-corrected chi connectivity index (χ1v) is 23.5. The van der Waals surface area contributed by atoms with Crippen LogP contribution >= 0.6 is 12.3 Å². The number of phenols is 2. The summed E-state index contributed by atoms with van der Waals surface area (Å²) in [6.45, 7) is 6.19. The smallest absolute Gasteiger partial charge is 0.340 e. The van der Waals surface area contributed by atoms with E-state index in [0.29, 0.717) is 45.3 Å². The minimum atomic E-state index is -1.25. The Balaban J connectivity index is 0.000000786. The number of hydrogen-bond acceptors (Lipinski definition) is 9. The fourth-order valence-electron chi connectivity index (χ4n) is 9.79. The number of rotatable bonds is 6. The molecule has 68 heavy (non-hydrogen) atoms. The van der Waals surface area contributed by atoms with Gasteiger partial charge in [-0.25, -0.2) is 4.79 Å². The molecule has 1 atom stereocenters. The quantitative estimate of drug-likeness (QED) is 0.0959. The maximum atomic E-state index is 13.2. The molecule has 7 nitrogen and oxygen atoms in total. The Morgan fingerprint density at radius 1 is 0.515 bits per heavy atom. The van der Waals surface area contributed by atoms with Crippen LogP contribution < -0.4 is 13.1 Å². The Hall–Kier alpha value is -6.64. The minimum absolute atomic E-state index is 0. The van der Waals surface area contributed by atoms with E-state index in [2.05, 4.69) is 117 Å². The van der Waals surface area contributed by atoms with Crippen molar-refractivity contribution in [2.45, 2.75) is 38.2 Å². The first-order chi connectivity index (χ1) is 32.7. The van der Waals surface area contributed by atoms with Gasteiger partial charge in [0.05, 0.1) is 11.0 Å². The Morgan fingerprint density at radius 3 is 1.59 bits per heavy atom. The summed E-state index contributed by atoms with van der Waals surface area (Å²) in [5.41, 5.74) is 7.78. The molecule has 1 spiro atoms. The minimum Gasteiger partial charge on any atom is -0.793 e. The van der Waals surface area contributed by atoms with Crippen LogP contribution in [0.3, 0.4) is 0 Å². The third kappa shape index (κ3) is 7.76. The number of ether oxygens (including phenoxy) is 2. The van der Waals surface area contributed by atoms with Crippen LogP contribution in [0.15, 0.2) is 182 Å². The normalized spacial score (nSPS) is 15.1. The van der Waals surface area contributed by atoms with Gasteiger partial charge in [0.15, 0.2) is 5.60 Å². The van der Waals surface area contributed by atoms with E-state index < -0.39 is 17.0 Å². The molecule has 12 rings (SSSR count). The molecule has 0 aromatic heterocycles. The van der Waals surface area contributed by atoms with Crippen LogP contribution in [-0.2, 0) is 49.4 Å². The number of esters is 1. The molecule has 0 saturated heterocycles. The molecule has 0 saturated carbocycles. The van der Waals surface area contributed by atoms with Gasteiger partial charge in [-0.3, -0.25) is 0 Å². The molecule has 3 aliphatic rings. The molecule has 9 aromatic carbocycles. The summed E-state index contributed by atoms with van der Waals surface area (Å²) < 4.78 is 24.6. The maximum Gasteiger partial charge on any atom is 0.340 e. The average molecular weight is 1100 g/mol. The van der Waals surface area contributed by atoms with Crippen molar-refractivity contribution in [3.8, 4) is 45.6 Å². The number of hydrogen-bond donors (Lipinski definition) is 2. The largest absolute Gasteiger partial charge is 0.793 e. The van der Waals surface area contributed by atoms with Crippen molar-refractivity contribution >= 4 is 52.5 Å². The van der Waals surface area contributed by atoms with Crippen LogP contribution in [0.5, 0.6) is 34.5 Å². The Morgan fingerprint density at radius 2 is 0.956 bits per heavy atom. The zero-order valence-electron chi connectivity index (χ0n) is 37.4. The molecule has 2 aliphatic heterocycles. The third-order valence-electron chi connectivity index (χ3n) is 12.4. The molecule has 0 bridgehead atoms. The fraction of sp³-hybridized carbons (Fsp3) is 0.121. The van der Waals surface area contributed by atoms with Gasteiger partial charge in [-0.15, -0.1) is 0 Å². The fourth-order valence-corrected chi connectivity index (χ4v) is 10.2. The number of carbonyl (C=O) groups is 1. The van der Waals surface area contributed by atoms with Crippen LogP contribution in [-0.4, -0.2) is 21.9 Å². The monoisotopic (exact) mass is 1100 g/mol. The van der Waals surface area contributed by atoms with Crippen LogP contribution in [0.1, 0.15) is 76.5 Å². The average Bonchev–Trinajstić information content (AvgIpc) is 3.81. The second-order valence-electron chi connectivity index (χ2n) is 16.6. The molecule has 2 N–H and O–H groups in total. The van der Waals surface area contributed by atoms with E-state index >= 15 is 0 Å². The third-order valence-corrected chi connectivity index (χ3v) is 12.9. The Kier molecular flexibility index (Phi) is 13.1. The Labute approximate surface area is 419 Å². The van der Waals surface area contributed by atoms with E-state index in [1.165, 1.54) is 34.7 Å². The summed E-state index contributed by atoms with van der Waals surface area (Å²) in [7, 11) is 0. The molecule has 0 amide bonds. The van der Waals surface area contributed by atoms with Crippen LogP contribution in [0.2, 0.25) is 0 Å². The molecule has 0 radical (unpaired) electrons. The van der Waals surface area contributed by atoms with Gasteiger partial charge in [-0.2, -0.15) is 5.75 Å². The number of benzene rings is 9. The molecule has 0 fully saturated rings. The maximum absolute atomic E-state index is 13.2. The summed E-state index contributed by atoms with van der Waals surface area (Å²) in [5, 5.41) is 24.7. The van der Waals surface area contributed by atoms with Crippen molar-refractivity contribution in [1.29, 1.82) is 0 Å². The second-order valence-corrected chi connectivity index (χ2v) is 17.6. The summed E-state index contributed by atoms with van der Waals surface area (Å²) in [6, 6.07) is 59.5. The molecule has 2 heterocycles. The number of phenolic OH excluding ortho intramolecular Hbond substituents is 2. The Bertz CT molecular complexity index is 3330. The molecule has 10 heteroatoms. The van der Waals surface area contributed by atoms with Crippen molar-refractivity contribution in [2.75, 3.05) is 5.75 Å². The first kappa shape index (κ1) is 46.5. The van der Waals surface area contributed by atoms with E-state index in [9.17, 15) is 15.0 Å².